The highest BCUT2D eigenvalue weighted by atomic mass is 35.5. The van der Waals surface area contributed by atoms with E-state index in [4.69, 9.17) is 16.3 Å². The summed E-state index contributed by atoms with van der Waals surface area (Å²) < 4.78 is 18.8. The quantitative estimate of drug-likeness (QED) is 0.901. The van der Waals surface area contributed by atoms with Crippen LogP contribution in [0.5, 0.6) is 11.5 Å². The Balaban J connectivity index is 2.20. The van der Waals surface area contributed by atoms with Gasteiger partial charge < -0.3 is 10.1 Å². The van der Waals surface area contributed by atoms with E-state index in [9.17, 15) is 4.39 Å². The maximum atomic E-state index is 13.1. The molecule has 0 fully saturated rings. The first-order chi connectivity index (χ1) is 9.10. The van der Waals surface area contributed by atoms with E-state index in [0.717, 1.165) is 17.9 Å². The van der Waals surface area contributed by atoms with Gasteiger partial charge in [0, 0.05) is 12.6 Å². The van der Waals surface area contributed by atoms with E-state index in [0.29, 0.717) is 5.75 Å². The van der Waals surface area contributed by atoms with Gasteiger partial charge in [0.05, 0.1) is 5.02 Å². The van der Waals surface area contributed by atoms with Crippen molar-refractivity contribution in [1.29, 1.82) is 0 Å². The second-order valence-corrected chi connectivity index (χ2v) is 4.72. The molecule has 0 heterocycles. The summed E-state index contributed by atoms with van der Waals surface area (Å²) in [5, 5.41) is 3.15. The number of hydrogen-bond donors (Lipinski definition) is 1. The fourth-order valence-electron chi connectivity index (χ4n) is 1.81. The molecule has 0 aliphatic heterocycles. The number of ether oxygens (including phenoxy) is 1. The van der Waals surface area contributed by atoms with E-state index >= 15 is 0 Å². The van der Waals surface area contributed by atoms with Gasteiger partial charge in [0.1, 0.15) is 17.3 Å². The van der Waals surface area contributed by atoms with Gasteiger partial charge in [0.25, 0.3) is 0 Å². The van der Waals surface area contributed by atoms with Crippen LogP contribution in [0.2, 0.25) is 5.02 Å². The van der Waals surface area contributed by atoms with E-state index in [1.807, 2.05) is 26.1 Å². The lowest BCUT2D eigenvalue weighted by atomic mass is 10.1. The van der Waals surface area contributed by atoms with Crippen LogP contribution in [0.1, 0.15) is 11.1 Å². The Kier molecular flexibility index (Phi) is 4.40. The highest BCUT2D eigenvalue weighted by molar-refractivity contribution is 6.30. The molecule has 2 rings (SSSR count). The summed E-state index contributed by atoms with van der Waals surface area (Å²) in [6, 6.07) is 10.3. The van der Waals surface area contributed by atoms with Crippen LogP contribution in [-0.4, -0.2) is 7.05 Å². The zero-order valence-corrected chi connectivity index (χ0v) is 11.6. The molecule has 0 spiro atoms. The van der Waals surface area contributed by atoms with Crippen LogP contribution in [0.4, 0.5) is 4.39 Å². The number of hydrogen-bond acceptors (Lipinski definition) is 2. The highest BCUT2D eigenvalue weighted by Crippen LogP contribution is 2.28. The van der Waals surface area contributed by atoms with E-state index in [1.165, 1.54) is 17.7 Å². The molecule has 0 aliphatic rings. The topological polar surface area (TPSA) is 21.3 Å². The van der Waals surface area contributed by atoms with E-state index in [2.05, 4.69) is 11.4 Å². The SMILES string of the molecule is CNCc1ccc(Oc2ccc(F)c(Cl)c2)c(C)c1. The van der Waals surface area contributed by atoms with Crippen molar-refractivity contribution in [3.8, 4) is 11.5 Å². The molecule has 0 saturated heterocycles. The fraction of sp³-hybridized carbons (Fsp3) is 0.200. The number of nitrogens with one attached hydrogen (secondary N) is 1. The van der Waals surface area contributed by atoms with Gasteiger partial charge >= 0.3 is 0 Å². The van der Waals surface area contributed by atoms with Crippen molar-refractivity contribution in [3.63, 3.8) is 0 Å². The Morgan fingerprint density at radius 1 is 1.21 bits per heavy atom. The largest absolute Gasteiger partial charge is 0.457 e. The number of aryl methyl sites for hydroxylation is 1. The lowest BCUT2D eigenvalue weighted by Crippen LogP contribution is -2.05. The lowest BCUT2D eigenvalue weighted by molar-refractivity contribution is 0.476. The molecule has 100 valence electrons. The molecule has 0 saturated carbocycles. The first kappa shape index (κ1) is 13.8. The molecule has 2 aromatic rings. The highest BCUT2D eigenvalue weighted by Gasteiger charge is 2.05. The summed E-state index contributed by atoms with van der Waals surface area (Å²) in [5.74, 6) is 0.813. The zero-order chi connectivity index (χ0) is 13.8. The molecule has 1 N–H and O–H groups in total. The van der Waals surface area contributed by atoms with Crippen LogP contribution in [0.3, 0.4) is 0 Å². The van der Waals surface area contributed by atoms with Gasteiger partial charge in [0.15, 0.2) is 0 Å². The molecule has 2 nitrogen and oxygen atoms in total. The van der Waals surface area contributed by atoms with Crippen molar-refractivity contribution < 1.29 is 9.13 Å². The number of benzene rings is 2. The standard InChI is InChI=1S/C15H15ClFNO/c1-10-7-11(9-18-2)3-6-15(10)19-12-4-5-14(17)13(16)8-12/h3-8,18H,9H2,1-2H3. The zero-order valence-electron chi connectivity index (χ0n) is 10.8. The van der Waals surface area contributed by atoms with Crippen molar-refractivity contribution in [2.24, 2.45) is 0 Å². The van der Waals surface area contributed by atoms with Crippen LogP contribution in [0.15, 0.2) is 36.4 Å². The Bertz CT molecular complexity index is 586. The van der Waals surface area contributed by atoms with Crippen LogP contribution in [-0.2, 0) is 6.54 Å². The number of rotatable bonds is 4. The summed E-state index contributed by atoms with van der Waals surface area (Å²) in [5.41, 5.74) is 2.21. The Labute approximate surface area is 117 Å². The summed E-state index contributed by atoms with van der Waals surface area (Å²) >= 11 is 5.72. The lowest BCUT2D eigenvalue weighted by Gasteiger charge is -2.10. The summed E-state index contributed by atoms with van der Waals surface area (Å²) in [4.78, 5) is 0. The third-order valence-corrected chi connectivity index (χ3v) is 3.03. The Morgan fingerprint density at radius 3 is 2.63 bits per heavy atom. The summed E-state index contributed by atoms with van der Waals surface area (Å²) in [6.07, 6.45) is 0. The summed E-state index contributed by atoms with van der Waals surface area (Å²) in [7, 11) is 1.90. The molecular weight excluding hydrogens is 265 g/mol. The normalized spacial score (nSPS) is 10.5. The molecule has 0 radical (unpaired) electrons. The molecule has 2 aromatic carbocycles. The van der Waals surface area contributed by atoms with Crippen molar-refractivity contribution >= 4 is 11.6 Å². The Morgan fingerprint density at radius 2 is 2.00 bits per heavy atom. The predicted octanol–water partition coefficient (Wildman–Crippen LogP) is 4.30. The van der Waals surface area contributed by atoms with Crippen LogP contribution in [0, 0.1) is 12.7 Å². The average Bonchev–Trinajstić information content (AvgIpc) is 2.37. The maximum absolute atomic E-state index is 13.1. The summed E-state index contributed by atoms with van der Waals surface area (Å²) in [6.45, 7) is 2.78. The molecule has 0 aromatic heterocycles. The Hall–Kier alpha value is -1.58. The van der Waals surface area contributed by atoms with Gasteiger partial charge in [-0.05, 0) is 43.3 Å². The molecule has 0 amide bonds. The van der Waals surface area contributed by atoms with Gasteiger partial charge in [-0.1, -0.05) is 23.7 Å². The minimum absolute atomic E-state index is 0.0574. The smallest absolute Gasteiger partial charge is 0.142 e. The van der Waals surface area contributed by atoms with Crippen LogP contribution >= 0.6 is 11.6 Å². The molecule has 0 unspecified atom stereocenters. The first-order valence-electron chi connectivity index (χ1n) is 5.97. The molecule has 0 aliphatic carbocycles. The van der Waals surface area contributed by atoms with Crippen molar-refractivity contribution in [2.75, 3.05) is 7.05 Å². The van der Waals surface area contributed by atoms with Gasteiger partial charge in [-0.15, -0.1) is 0 Å². The predicted molar refractivity (Wildman–Crippen MR) is 75.4 cm³/mol. The van der Waals surface area contributed by atoms with Gasteiger partial charge in [-0.2, -0.15) is 0 Å². The van der Waals surface area contributed by atoms with Crippen molar-refractivity contribution in [3.05, 3.63) is 58.4 Å². The van der Waals surface area contributed by atoms with Gasteiger partial charge in [-0.3, -0.25) is 0 Å². The minimum atomic E-state index is -0.449. The maximum Gasteiger partial charge on any atom is 0.142 e. The van der Waals surface area contributed by atoms with Gasteiger partial charge in [-0.25, -0.2) is 4.39 Å². The van der Waals surface area contributed by atoms with Crippen LogP contribution in [0.25, 0.3) is 0 Å². The molecular formula is C15H15ClFNO. The third-order valence-electron chi connectivity index (χ3n) is 2.74. The second kappa shape index (κ2) is 6.04. The van der Waals surface area contributed by atoms with E-state index < -0.39 is 5.82 Å². The monoisotopic (exact) mass is 279 g/mol. The molecule has 0 bridgehead atoms. The number of halogens is 2. The molecule has 19 heavy (non-hydrogen) atoms. The van der Waals surface area contributed by atoms with Crippen molar-refractivity contribution in [1.82, 2.24) is 5.32 Å². The molecule has 0 atom stereocenters. The van der Waals surface area contributed by atoms with E-state index in [1.54, 1.807) is 6.07 Å². The minimum Gasteiger partial charge on any atom is -0.457 e. The van der Waals surface area contributed by atoms with E-state index in [-0.39, 0.29) is 5.02 Å². The first-order valence-corrected chi connectivity index (χ1v) is 6.35. The fourth-order valence-corrected chi connectivity index (χ4v) is 1.98. The second-order valence-electron chi connectivity index (χ2n) is 4.31. The van der Waals surface area contributed by atoms with Crippen LogP contribution < -0.4 is 10.1 Å². The van der Waals surface area contributed by atoms with Crippen molar-refractivity contribution in [2.45, 2.75) is 13.5 Å². The third kappa shape index (κ3) is 3.46. The molecule has 4 heteroatoms. The average molecular weight is 280 g/mol. The van der Waals surface area contributed by atoms with Gasteiger partial charge in [0.2, 0.25) is 0 Å².